The molecular formula is C25H35IN4O2S2. The highest BCUT2D eigenvalue weighted by Gasteiger charge is 2.33. The second-order valence-corrected chi connectivity index (χ2v) is 12.1. The molecule has 2 aromatic rings. The number of piperidine rings is 1. The predicted octanol–water partition coefficient (Wildman–Crippen LogP) is 1.21. The van der Waals surface area contributed by atoms with E-state index in [4.69, 9.17) is 0 Å². The minimum Gasteiger partial charge on any atom is -1.00 e. The summed E-state index contributed by atoms with van der Waals surface area (Å²) in [5.41, 5.74) is 3.50. The molecule has 0 atom stereocenters. The van der Waals surface area contributed by atoms with Crippen LogP contribution in [0, 0.1) is 0 Å². The molecule has 0 N–H and O–H groups in total. The Morgan fingerprint density at radius 1 is 1.03 bits per heavy atom. The van der Waals surface area contributed by atoms with Gasteiger partial charge < -0.3 is 28.9 Å². The first-order valence-electron chi connectivity index (χ1n) is 12.4. The van der Waals surface area contributed by atoms with Crippen LogP contribution in [0.25, 0.3) is 16.6 Å². The second kappa shape index (κ2) is 10.9. The lowest BCUT2D eigenvalue weighted by Crippen LogP contribution is -3.00. The van der Waals surface area contributed by atoms with Crippen molar-refractivity contribution in [2.45, 2.75) is 63.9 Å². The lowest BCUT2D eigenvalue weighted by atomic mass is 10.1. The summed E-state index contributed by atoms with van der Waals surface area (Å²) < 4.78 is 33.0. The van der Waals surface area contributed by atoms with Crippen LogP contribution < -0.4 is 28.5 Å². The number of halogens is 1. The number of sulfonamides is 1. The van der Waals surface area contributed by atoms with Gasteiger partial charge in [0, 0.05) is 43.6 Å². The Balaban J connectivity index is 0.00000274. The molecule has 1 aromatic heterocycles. The summed E-state index contributed by atoms with van der Waals surface area (Å²) in [6, 6.07) is 5.75. The Labute approximate surface area is 225 Å². The molecule has 3 aliphatic rings. The third-order valence-electron chi connectivity index (χ3n) is 7.16. The Hall–Kier alpha value is -1.04. The topological polar surface area (TPSA) is 49.4 Å². The van der Waals surface area contributed by atoms with Gasteiger partial charge in [0.15, 0.2) is 11.0 Å². The minimum absolute atomic E-state index is 0. The van der Waals surface area contributed by atoms with Crippen molar-refractivity contribution in [3.8, 4) is 0 Å². The minimum atomic E-state index is -3.45. The summed E-state index contributed by atoms with van der Waals surface area (Å²) in [4.78, 5) is 2.86. The summed E-state index contributed by atoms with van der Waals surface area (Å²) in [6.07, 6.45) is 9.77. The fourth-order valence-corrected chi connectivity index (χ4v) is 8.05. The number of aromatic nitrogens is 2. The van der Waals surface area contributed by atoms with E-state index in [0.29, 0.717) is 18.0 Å². The SMILES string of the molecule is CCN1CCSC1=CC=C1CCC[n+]2c1n(CC)c1cc(S(=O)(=O)N3CCCCC3)ccc12.[I-]. The van der Waals surface area contributed by atoms with E-state index >= 15 is 0 Å². The molecule has 9 heteroatoms. The Morgan fingerprint density at radius 3 is 2.56 bits per heavy atom. The average molecular weight is 615 g/mol. The molecule has 2 fully saturated rings. The van der Waals surface area contributed by atoms with Crippen LogP contribution in [0.3, 0.4) is 0 Å². The van der Waals surface area contributed by atoms with Crippen LogP contribution in [-0.4, -0.2) is 54.1 Å². The summed E-state index contributed by atoms with van der Waals surface area (Å²) in [5.74, 6) is 2.39. The van der Waals surface area contributed by atoms with Crippen molar-refractivity contribution >= 4 is 38.4 Å². The number of hydrogen-bond acceptors (Lipinski definition) is 4. The van der Waals surface area contributed by atoms with Gasteiger partial charge in [-0.15, -0.1) is 11.8 Å². The van der Waals surface area contributed by atoms with Crippen molar-refractivity contribution in [1.29, 1.82) is 0 Å². The largest absolute Gasteiger partial charge is 1.00 e. The van der Waals surface area contributed by atoms with Crippen LogP contribution in [0.4, 0.5) is 0 Å². The molecule has 2 saturated heterocycles. The number of benzene rings is 1. The van der Waals surface area contributed by atoms with E-state index < -0.39 is 10.0 Å². The standard InChI is InChI=1S/C25H35N4O2S2.HI/c1-3-26-17-18-32-24(26)13-10-20-9-8-16-29-22-12-11-21(19-23(22)28(4-2)25(20)29)33(30,31)27-14-6-5-7-15-27;/h10-13,19H,3-9,14-18H2,1-2H3;1H/q+1;/p-1. The maximum Gasteiger partial charge on any atom is 0.285 e. The van der Waals surface area contributed by atoms with Crippen molar-refractivity contribution < 1.29 is 37.0 Å². The molecular weight excluding hydrogens is 579 g/mol. The van der Waals surface area contributed by atoms with Gasteiger partial charge in [-0.05, 0) is 63.8 Å². The quantitative estimate of drug-likeness (QED) is 0.376. The Kier molecular flexibility index (Phi) is 8.36. The zero-order chi connectivity index (χ0) is 23.0. The fourth-order valence-electron chi connectivity index (χ4n) is 5.43. The zero-order valence-corrected chi connectivity index (χ0v) is 24.0. The van der Waals surface area contributed by atoms with Crippen LogP contribution in [0.1, 0.15) is 51.8 Å². The summed E-state index contributed by atoms with van der Waals surface area (Å²) in [7, 11) is -3.45. The highest BCUT2D eigenvalue weighted by molar-refractivity contribution is 8.03. The Morgan fingerprint density at radius 2 is 1.82 bits per heavy atom. The van der Waals surface area contributed by atoms with E-state index in [0.717, 1.165) is 75.1 Å². The number of rotatable bonds is 5. The molecule has 186 valence electrons. The highest BCUT2D eigenvalue weighted by atomic mass is 127. The third kappa shape index (κ3) is 4.69. The van der Waals surface area contributed by atoms with E-state index in [-0.39, 0.29) is 24.0 Å². The molecule has 4 heterocycles. The highest BCUT2D eigenvalue weighted by Crippen LogP contribution is 2.32. The third-order valence-corrected chi connectivity index (χ3v) is 10.1. The van der Waals surface area contributed by atoms with Gasteiger partial charge in [0.1, 0.15) is 0 Å². The van der Waals surface area contributed by atoms with E-state index in [1.54, 1.807) is 4.31 Å². The van der Waals surface area contributed by atoms with Crippen molar-refractivity contribution in [3.63, 3.8) is 0 Å². The molecule has 0 amide bonds. The van der Waals surface area contributed by atoms with Gasteiger partial charge in [-0.1, -0.05) is 6.42 Å². The first kappa shape index (κ1) is 26.0. The zero-order valence-electron chi connectivity index (χ0n) is 20.2. The first-order chi connectivity index (χ1) is 16.0. The predicted molar refractivity (Wildman–Crippen MR) is 135 cm³/mol. The molecule has 5 rings (SSSR count). The molecule has 6 nitrogen and oxygen atoms in total. The second-order valence-electron chi connectivity index (χ2n) is 9.06. The summed E-state index contributed by atoms with van der Waals surface area (Å²) >= 11 is 1.94. The molecule has 3 aliphatic heterocycles. The number of nitrogens with zero attached hydrogens (tertiary/aromatic N) is 4. The monoisotopic (exact) mass is 614 g/mol. The lowest BCUT2D eigenvalue weighted by molar-refractivity contribution is -0.678. The molecule has 0 saturated carbocycles. The molecule has 0 aliphatic carbocycles. The maximum atomic E-state index is 13.3. The normalized spacial score (nSPS) is 21.9. The maximum absolute atomic E-state index is 13.3. The summed E-state index contributed by atoms with van der Waals surface area (Å²) in [5, 5.41) is 1.36. The van der Waals surface area contributed by atoms with Gasteiger partial charge in [-0.3, -0.25) is 0 Å². The molecule has 0 spiro atoms. The van der Waals surface area contributed by atoms with E-state index in [2.05, 4.69) is 40.0 Å². The number of thioether (sulfide) groups is 1. The van der Waals surface area contributed by atoms with Crippen LogP contribution in [0.2, 0.25) is 0 Å². The summed E-state index contributed by atoms with van der Waals surface area (Å²) in [6.45, 7) is 9.60. The number of aryl methyl sites for hydroxylation is 2. The van der Waals surface area contributed by atoms with Crippen molar-refractivity contribution in [2.24, 2.45) is 0 Å². The lowest BCUT2D eigenvalue weighted by Gasteiger charge is -2.25. The van der Waals surface area contributed by atoms with Crippen LogP contribution in [0.15, 0.2) is 40.3 Å². The number of fused-ring (bicyclic) bond motifs is 3. The van der Waals surface area contributed by atoms with Crippen molar-refractivity contribution in [3.05, 3.63) is 41.2 Å². The smallest absolute Gasteiger partial charge is 0.285 e. The van der Waals surface area contributed by atoms with Crippen molar-refractivity contribution in [1.82, 2.24) is 13.8 Å². The van der Waals surface area contributed by atoms with E-state index in [9.17, 15) is 8.42 Å². The van der Waals surface area contributed by atoms with E-state index in [1.165, 1.54) is 16.4 Å². The van der Waals surface area contributed by atoms with Crippen molar-refractivity contribution in [2.75, 3.05) is 31.9 Å². The first-order valence-corrected chi connectivity index (χ1v) is 14.8. The fraction of sp³-hybridized carbons (Fsp3) is 0.560. The Bertz CT molecular complexity index is 1210. The molecule has 1 aromatic carbocycles. The molecule has 34 heavy (non-hydrogen) atoms. The molecule has 0 radical (unpaired) electrons. The van der Waals surface area contributed by atoms with Gasteiger partial charge >= 0.3 is 0 Å². The average Bonchev–Trinajstić information content (AvgIpc) is 3.44. The van der Waals surface area contributed by atoms with Gasteiger partial charge in [0.2, 0.25) is 10.0 Å². The van der Waals surface area contributed by atoms with Gasteiger partial charge in [0.25, 0.3) is 5.82 Å². The van der Waals surface area contributed by atoms with Gasteiger partial charge in [-0.25, -0.2) is 17.6 Å². The van der Waals surface area contributed by atoms with Gasteiger partial charge in [0.05, 0.1) is 23.0 Å². The van der Waals surface area contributed by atoms with Crippen LogP contribution >= 0.6 is 11.8 Å². The number of allylic oxidation sites excluding steroid dienone is 3. The van der Waals surface area contributed by atoms with E-state index in [1.807, 2.05) is 30.0 Å². The van der Waals surface area contributed by atoms with Gasteiger partial charge in [-0.2, -0.15) is 4.31 Å². The number of hydrogen-bond donors (Lipinski definition) is 0. The molecule has 0 bridgehead atoms. The van der Waals surface area contributed by atoms with Crippen LogP contribution in [-0.2, 0) is 23.1 Å². The van der Waals surface area contributed by atoms with Crippen LogP contribution in [0.5, 0.6) is 0 Å². The molecule has 0 unspecified atom stereocenters. The number of imidazole rings is 1.